The second-order valence-electron chi connectivity index (χ2n) is 5.58. The van der Waals surface area contributed by atoms with E-state index in [9.17, 15) is 9.59 Å². The van der Waals surface area contributed by atoms with Gasteiger partial charge in [-0.15, -0.1) is 0 Å². The molecule has 2 aromatic carbocycles. The number of halogens is 2. The Balaban J connectivity index is 1.68. The van der Waals surface area contributed by atoms with Crippen LogP contribution in [0.25, 0.3) is 0 Å². The smallest absolute Gasteiger partial charge is 0.337 e. The number of hydrogen-bond donors (Lipinski definition) is 2. The highest BCUT2D eigenvalue weighted by Gasteiger charge is 2.06. The van der Waals surface area contributed by atoms with Crippen molar-refractivity contribution in [3.05, 3.63) is 63.6 Å². The van der Waals surface area contributed by atoms with Crippen LogP contribution < -0.4 is 10.6 Å². The van der Waals surface area contributed by atoms with Gasteiger partial charge in [-0.1, -0.05) is 29.3 Å². The van der Waals surface area contributed by atoms with Crippen LogP contribution in [0.2, 0.25) is 10.0 Å². The van der Waals surface area contributed by atoms with E-state index in [4.69, 9.17) is 23.2 Å². The van der Waals surface area contributed by atoms with E-state index in [1.807, 2.05) is 6.07 Å². The molecule has 0 atom stereocenters. The summed E-state index contributed by atoms with van der Waals surface area (Å²) in [7, 11) is 1.34. The molecule has 2 aromatic rings. The van der Waals surface area contributed by atoms with Gasteiger partial charge in [0.15, 0.2) is 0 Å². The number of hydrogen-bond acceptors (Lipinski definition) is 4. The summed E-state index contributed by atoms with van der Waals surface area (Å²) < 4.78 is 4.64. The lowest BCUT2D eigenvalue weighted by Crippen LogP contribution is -2.27. The fourth-order valence-corrected chi connectivity index (χ4v) is 2.81. The van der Waals surface area contributed by atoms with Crippen molar-refractivity contribution in [1.29, 1.82) is 0 Å². The van der Waals surface area contributed by atoms with E-state index >= 15 is 0 Å². The first kappa shape index (κ1) is 20.1. The van der Waals surface area contributed by atoms with Gasteiger partial charge < -0.3 is 15.4 Å². The molecule has 26 heavy (non-hydrogen) atoms. The first-order valence-corrected chi connectivity index (χ1v) is 8.88. The Morgan fingerprint density at radius 1 is 1.04 bits per heavy atom. The van der Waals surface area contributed by atoms with E-state index in [0.29, 0.717) is 41.5 Å². The van der Waals surface area contributed by atoms with Gasteiger partial charge in [-0.25, -0.2) is 4.79 Å². The molecule has 0 saturated carbocycles. The predicted octanol–water partition coefficient (Wildman–Crippen LogP) is 3.94. The predicted molar refractivity (Wildman–Crippen MR) is 104 cm³/mol. The highest BCUT2D eigenvalue weighted by atomic mass is 35.5. The SMILES string of the molecule is COC(=O)c1ccc(NCCC(=O)NCCc2ccc(Cl)cc2Cl)cc1. The standard InChI is InChI=1S/C19H20Cl2N2O3/c1-26-19(25)14-3-6-16(7-4-14)22-11-9-18(24)23-10-8-13-2-5-15(20)12-17(13)21/h2-7,12,22H,8-11H2,1H3,(H,23,24). The second-order valence-corrected chi connectivity index (χ2v) is 6.43. The molecular formula is C19H20Cl2N2O3. The monoisotopic (exact) mass is 394 g/mol. The fraction of sp³-hybridized carbons (Fsp3) is 0.263. The van der Waals surface area contributed by atoms with Gasteiger partial charge in [-0.05, 0) is 48.4 Å². The van der Waals surface area contributed by atoms with Crippen LogP contribution in [0, 0.1) is 0 Å². The summed E-state index contributed by atoms with van der Waals surface area (Å²) >= 11 is 12.0. The number of carbonyl (C=O) groups excluding carboxylic acids is 2. The molecule has 0 fully saturated rings. The highest BCUT2D eigenvalue weighted by molar-refractivity contribution is 6.35. The number of rotatable bonds is 8. The van der Waals surface area contributed by atoms with Gasteiger partial charge in [0.2, 0.25) is 5.91 Å². The van der Waals surface area contributed by atoms with Crippen molar-refractivity contribution >= 4 is 40.8 Å². The molecule has 0 aromatic heterocycles. The maximum atomic E-state index is 11.9. The normalized spacial score (nSPS) is 10.3. The quantitative estimate of drug-likeness (QED) is 0.665. The van der Waals surface area contributed by atoms with Crippen LogP contribution in [-0.4, -0.2) is 32.1 Å². The number of benzene rings is 2. The number of methoxy groups -OCH3 is 1. The van der Waals surface area contributed by atoms with Gasteiger partial charge in [0.05, 0.1) is 12.7 Å². The first-order valence-electron chi connectivity index (χ1n) is 8.12. The van der Waals surface area contributed by atoms with Crippen molar-refractivity contribution in [3.8, 4) is 0 Å². The largest absolute Gasteiger partial charge is 0.465 e. The van der Waals surface area contributed by atoms with E-state index in [-0.39, 0.29) is 11.9 Å². The lowest BCUT2D eigenvalue weighted by molar-refractivity contribution is -0.120. The van der Waals surface area contributed by atoms with Crippen molar-refractivity contribution in [3.63, 3.8) is 0 Å². The van der Waals surface area contributed by atoms with Crippen LogP contribution in [-0.2, 0) is 16.0 Å². The average Bonchev–Trinajstić information content (AvgIpc) is 2.63. The maximum absolute atomic E-state index is 11.9. The molecule has 0 aliphatic rings. The second kappa shape index (κ2) is 10.0. The summed E-state index contributed by atoms with van der Waals surface area (Å²) in [5.74, 6) is -0.425. The molecule has 7 heteroatoms. The summed E-state index contributed by atoms with van der Waals surface area (Å²) in [4.78, 5) is 23.2. The summed E-state index contributed by atoms with van der Waals surface area (Å²) in [6, 6.07) is 12.2. The van der Waals surface area contributed by atoms with Crippen LogP contribution in [0.1, 0.15) is 22.3 Å². The molecule has 0 radical (unpaired) electrons. The molecule has 5 nitrogen and oxygen atoms in total. The van der Waals surface area contributed by atoms with Gasteiger partial charge >= 0.3 is 5.97 Å². The lowest BCUT2D eigenvalue weighted by atomic mass is 10.1. The van der Waals surface area contributed by atoms with E-state index in [0.717, 1.165) is 11.3 Å². The molecule has 0 aliphatic carbocycles. The highest BCUT2D eigenvalue weighted by Crippen LogP contribution is 2.21. The summed E-state index contributed by atoms with van der Waals surface area (Å²) in [6.07, 6.45) is 0.983. The van der Waals surface area contributed by atoms with Crippen molar-refractivity contribution in [2.75, 3.05) is 25.5 Å². The molecule has 0 bridgehead atoms. The molecule has 2 rings (SSSR count). The molecule has 0 spiro atoms. The molecule has 0 unspecified atom stereocenters. The molecule has 0 aliphatic heterocycles. The van der Waals surface area contributed by atoms with Crippen LogP contribution in [0.3, 0.4) is 0 Å². The number of anilines is 1. The number of amides is 1. The maximum Gasteiger partial charge on any atom is 0.337 e. The Kier molecular flexibility index (Phi) is 7.75. The molecule has 0 saturated heterocycles. The third kappa shape index (κ3) is 6.24. The van der Waals surface area contributed by atoms with E-state index in [2.05, 4.69) is 15.4 Å². The summed E-state index contributed by atoms with van der Waals surface area (Å²) in [6.45, 7) is 0.999. The number of nitrogens with one attached hydrogen (secondary N) is 2. The van der Waals surface area contributed by atoms with Crippen LogP contribution in [0.15, 0.2) is 42.5 Å². The Labute approximate surface area is 162 Å². The Morgan fingerprint density at radius 2 is 1.77 bits per heavy atom. The van der Waals surface area contributed by atoms with Crippen molar-refractivity contribution in [2.24, 2.45) is 0 Å². The van der Waals surface area contributed by atoms with Gasteiger partial charge in [-0.3, -0.25) is 4.79 Å². The fourth-order valence-electron chi connectivity index (χ4n) is 2.31. The van der Waals surface area contributed by atoms with E-state index in [1.54, 1.807) is 36.4 Å². The zero-order valence-corrected chi connectivity index (χ0v) is 15.9. The minimum absolute atomic E-state index is 0.0474. The third-order valence-corrected chi connectivity index (χ3v) is 4.31. The van der Waals surface area contributed by atoms with Crippen LogP contribution in [0.5, 0.6) is 0 Å². The molecule has 0 heterocycles. The molecule has 2 N–H and O–H groups in total. The van der Waals surface area contributed by atoms with Crippen molar-refractivity contribution < 1.29 is 14.3 Å². The number of carbonyl (C=O) groups is 2. The third-order valence-electron chi connectivity index (χ3n) is 3.72. The molecular weight excluding hydrogens is 375 g/mol. The first-order chi connectivity index (χ1) is 12.5. The topological polar surface area (TPSA) is 67.4 Å². The van der Waals surface area contributed by atoms with Gasteiger partial charge in [0.25, 0.3) is 0 Å². The van der Waals surface area contributed by atoms with Crippen molar-refractivity contribution in [1.82, 2.24) is 5.32 Å². The van der Waals surface area contributed by atoms with Crippen LogP contribution >= 0.6 is 23.2 Å². The van der Waals surface area contributed by atoms with Gasteiger partial charge in [0.1, 0.15) is 0 Å². The van der Waals surface area contributed by atoms with Crippen molar-refractivity contribution in [2.45, 2.75) is 12.8 Å². The minimum Gasteiger partial charge on any atom is -0.465 e. The minimum atomic E-state index is -0.378. The van der Waals surface area contributed by atoms with Gasteiger partial charge in [-0.2, -0.15) is 0 Å². The lowest BCUT2D eigenvalue weighted by Gasteiger charge is -2.09. The van der Waals surface area contributed by atoms with E-state index in [1.165, 1.54) is 7.11 Å². The zero-order chi connectivity index (χ0) is 18.9. The Morgan fingerprint density at radius 3 is 2.42 bits per heavy atom. The summed E-state index contributed by atoms with van der Waals surface area (Å²) in [5, 5.41) is 7.19. The number of ether oxygens (including phenoxy) is 1. The van der Waals surface area contributed by atoms with E-state index < -0.39 is 0 Å². The molecule has 138 valence electrons. The zero-order valence-electron chi connectivity index (χ0n) is 14.4. The Bertz CT molecular complexity index is 764. The Hall–Kier alpha value is -2.24. The van der Waals surface area contributed by atoms with Crippen LogP contribution in [0.4, 0.5) is 5.69 Å². The summed E-state index contributed by atoms with van der Waals surface area (Å²) in [5.41, 5.74) is 2.26. The van der Waals surface area contributed by atoms with Gasteiger partial charge in [0, 0.05) is 35.2 Å². The number of esters is 1. The average molecular weight is 395 g/mol. The molecule has 1 amide bonds.